The number of para-hydroxylation sites is 1. The van der Waals surface area contributed by atoms with Gasteiger partial charge in [0.1, 0.15) is 0 Å². The Morgan fingerprint density at radius 1 is 0.268 bits per heavy atom. The van der Waals surface area contributed by atoms with Gasteiger partial charge in [-0.1, -0.05) is 206 Å². The first-order valence-electron chi connectivity index (χ1n) is 19.4. The van der Waals surface area contributed by atoms with Crippen LogP contribution in [0.5, 0.6) is 0 Å². The van der Waals surface area contributed by atoms with E-state index in [0.29, 0.717) is 0 Å². The second-order valence-electron chi connectivity index (χ2n) is 14.4. The molecule has 10 rings (SSSR count). The Labute approximate surface area is 329 Å². The van der Waals surface area contributed by atoms with Gasteiger partial charge in [-0.15, -0.1) is 0 Å². The largest absolute Gasteiger partial charge is 0.310 e. The van der Waals surface area contributed by atoms with Crippen LogP contribution < -0.4 is 4.90 Å². The third-order valence-corrected chi connectivity index (χ3v) is 11.4. The van der Waals surface area contributed by atoms with Crippen molar-refractivity contribution >= 4 is 17.1 Å². The molecule has 56 heavy (non-hydrogen) atoms. The number of hydrogen-bond acceptors (Lipinski definition) is 1. The molecule has 1 aliphatic carbocycles. The SMILES string of the molecule is c1ccc(-c2ccc(N(c3ccc(-c4ccccc4)cc3)c3ccccc3-c3cccc4c3-c3ccccc3C4(c3ccccc3)c3ccccc3)cc2)cc1. The maximum atomic E-state index is 2.42. The molecule has 0 saturated heterocycles. The number of benzene rings is 9. The van der Waals surface area contributed by atoms with Gasteiger partial charge in [0.25, 0.3) is 0 Å². The molecule has 0 heterocycles. The summed E-state index contributed by atoms with van der Waals surface area (Å²) in [6.07, 6.45) is 0. The third kappa shape index (κ3) is 5.56. The predicted molar refractivity (Wildman–Crippen MR) is 235 cm³/mol. The van der Waals surface area contributed by atoms with Crippen molar-refractivity contribution in [2.24, 2.45) is 0 Å². The molecule has 0 bridgehead atoms. The van der Waals surface area contributed by atoms with E-state index in [1.54, 1.807) is 0 Å². The highest BCUT2D eigenvalue weighted by Crippen LogP contribution is 2.59. The lowest BCUT2D eigenvalue weighted by Crippen LogP contribution is -2.28. The summed E-state index contributed by atoms with van der Waals surface area (Å²) in [6.45, 7) is 0. The summed E-state index contributed by atoms with van der Waals surface area (Å²) in [5.74, 6) is 0. The van der Waals surface area contributed by atoms with E-state index in [4.69, 9.17) is 0 Å². The fourth-order valence-corrected chi connectivity index (χ4v) is 8.91. The van der Waals surface area contributed by atoms with Crippen molar-refractivity contribution in [3.63, 3.8) is 0 Å². The summed E-state index contributed by atoms with van der Waals surface area (Å²) in [5.41, 5.74) is 17.7. The van der Waals surface area contributed by atoms with Gasteiger partial charge in [-0.3, -0.25) is 0 Å². The molecule has 1 nitrogen and oxygen atoms in total. The van der Waals surface area contributed by atoms with Crippen LogP contribution in [0.1, 0.15) is 22.3 Å². The van der Waals surface area contributed by atoms with Crippen LogP contribution in [-0.4, -0.2) is 0 Å². The van der Waals surface area contributed by atoms with Gasteiger partial charge in [-0.25, -0.2) is 0 Å². The minimum absolute atomic E-state index is 0.473. The van der Waals surface area contributed by atoms with Crippen LogP contribution in [0.25, 0.3) is 44.5 Å². The summed E-state index contributed by atoms with van der Waals surface area (Å²) in [5, 5.41) is 0. The van der Waals surface area contributed by atoms with E-state index < -0.39 is 5.41 Å². The molecule has 0 unspecified atom stereocenters. The molecule has 0 saturated carbocycles. The van der Waals surface area contributed by atoms with E-state index >= 15 is 0 Å². The van der Waals surface area contributed by atoms with E-state index in [2.05, 4.69) is 241 Å². The predicted octanol–water partition coefficient (Wildman–Crippen LogP) is 14.5. The molecular formula is C55H39N. The highest BCUT2D eigenvalue weighted by molar-refractivity contribution is 6.00. The summed E-state index contributed by atoms with van der Waals surface area (Å²) >= 11 is 0. The lowest BCUT2D eigenvalue weighted by atomic mass is 9.67. The van der Waals surface area contributed by atoms with E-state index in [1.165, 1.54) is 66.8 Å². The molecule has 0 fully saturated rings. The zero-order valence-corrected chi connectivity index (χ0v) is 31.0. The van der Waals surface area contributed by atoms with Crippen molar-refractivity contribution in [3.05, 3.63) is 259 Å². The first-order valence-corrected chi connectivity index (χ1v) is 19.4. The maximum absolute atomic E-state index is 2.42. The molecule has 0 aromatic heterocycles. The smallest absolute Gasteiger partial charge is 0.0713 e. The highest BCUT2D eigenvalue weighted by atomic mass is 15.1. The Balaban J connectivity index is 1.19. The Bertz CT molecular complexity index is 2630. The molecular weight excluding hydrogens is 675 g/mol. The topological polar surface area (TPSA) is 3.24 Å². The lowest BCUT2D eigenvalue weighted by Gasteiger charge is -2.34. The second-order valence-corrected chi connectivity index (χ2v) is 14.4. The summed E-state index contributed by atoms with van der Waals surface area (Å²) < 4.78 is 0. The molecule has 0 spiro atoms. The fourth-order valence-electron chi connectivity index (χ4n) is 8.91. The van der Waals surface area contributed by atoms with Crippen molar-refractivity contribution in [1.29, 1.82) is 0 Å². The van der Waals surface area contributed by atoms with Gasteiger partial charge in [-0.05, 0) is 91.5 Å². The number of hydrogen-bond donors (Lipinski definition) is 0. The molecule has 0 N–H and O–H groups in total. The van der Waals surface area contributed by atoms with E-state index in [0.717, 1.165) is 17.1 Å². The van der Waals surface area contributed by atoms with Crippen LogP contribution in [0.4, 0.5) is 17.1 Å². The number of rotatable bonds is 8. The van der Waals surface area contributed by atoms with Gasteiger partial charge >= 0.3 is 0 Å². The summed E-state index contributed by atoms with van der Waals surface area (Å²) in [4.78, 5) is 2.42. The maximum Gasteiger partial charge on any atom is 0.0713 e. The van der Waals surface area contributed by atoms with Crippen LogP contribution in [0.2, 0.25) is 0 Å². The van der Waals surface area contributed by atoms with E-state index in [-0.39, 0.29) is 0 Å². The minimum atomic E-state index is -0.473. The van der Waals surface area contributed by atoms with Gasteiger partial charge in [-0.2, -0.15) is 0 Å². The van der Waals surface area contributed by atoms with Crippen LogP contribution in [0, 0.1) is 0 Å². The van der Waals surface area contributed by atoms with Crippen LogP contribution in [-0.2, 0) is 5.41 Å². The van der Waals surface area contributed by atoms with Crippen molar-refractivity contribution in [2.45, 2.75) is 5.41 Å². The zero-order chi connectivity index (χ0) is 37.3. The molecule has 1 heteroatoms. The molecule has 264 valence electrons. The molecule has 9 aromatic carbocycles. The third-order valence-electron chi connectivity index (χ3n) is 11.4. The second kappa shape index (κ2) is 14.2. The first-order chi connectivity index (χ1) is 27.8. The van der Waals surface area contributed by atoms with Crippen LogP contribution >= 0.6 is 0 Å². The average molecular weight is 714 g/mol. The Hall–Kier alpha value is -7.22. The highest BCUT2D eigenvalue weighted by Gasteiger charge is 2.46. The fraction of sp³-hybridized carbons (Fsp3) is 0.0182. The number of anilines is 3. The van der Waals surface area contributed by atoms with Gasteiger partial charge in [0.15, 0.2) is 0 Å². The average Bonchev–Trinajstić information content (AvgIpc) is 3.60. The van der Waals surface area contributed by atoms with Gasteiger partial charge < -0.3 is 4.90 Å². The summed E-state index contributed by atoms with van der Waals surface area (Å²) in [7, 11) is 0. The molecule has 0 amide bonds. The molecule has 0 atom stereocenters. The van der Waals surface area contributed by atoms with Gasteiger partial charge in [0.2, 0.25) is 0 Å². The Morgan fingerprint density at radius 3 is 1.20 bits per heavy atom. The van der Waals surface area contributed by atoms with Gasteiger partial charge in [0, 0.05) is 16.9 Å². The van der Waals surface area contributed by atoms with Crippen LogP contribution in [0.3, 0.4) is 0 Å². The summed E-state index contributed by atoms with van der Waals surface area (Å²) in [6, 6.07) is 86.1. The van der Waals surface area contributed by atoms with Crippen molar-refractivity contribution in [2.75, 3.05) is 4.90 Å². The normalized spacial score (nSPS) is 12.4. The zero-order valence-electron chi connectivity index (χ0n) is 31.0. The van der Waals surface area contributed by atoms with Crippen LogP contribution in [0.15, 0.2) is 237 Å². The van der Waals surface area contributed by atoms with Crippen molar-refractivity contribution in [1.82, 2.24) is 0 Å². The number of fused-ring (bicyclic) bond motifs is 3. The first kappa shape index (κ1) is 33.4. The Morgan fingerprint density at radius 2 is 0.661 bits per heavy atom. The quantitative estimate of drug-likeness (QED) is 0.152. The monoisotopic (exact) mass is 713 g/mol. The number of nitrogens with zero attached hydrogens (tertiary/aromatic N) is 1. The van der Waals surface area contributed by atoms with Crippen molar-refractivity contribution in [3.8, 4) is 44.5 Å². The molecule has 0 radical (unpaired) electrons. The minimum Gasteiger partial charge on any atom is -0.310 e. The lowest BCUT2D eigenvalue weighted by molar-refractivity contribution is 0.768. The standard InChI is InChI=1S/C55H39N/c1-5-18-40(19-6-1)42-32-36-46(37-33-42)56(47-38-34-43(35-39-47)41-20-7-2-8-21-41)53-31-16-14-26-48(53)49-28-17-30-52-54(49)50-27-13-15-29-51(50)55(52,44-22-9-3-10-23-44)45-24-11-4-12-25-45/h1-39H. The van der Waals surface area contributed by atoms with E-state index in [1.807, 2.05) is 0 Å². The Kier molecular flexibility index (Phi) is 8.46. The van der Waals surface area contributed by atoms with Gasteiger partial charge in [0.05, 0.1) is 11.1 Å². The molecule has 0 aliphatic heterocycles. The molecule has 1 aliphatic rings. The van der Waals surface area contributed by atoms with Crippen molar-refractivity contribution < 1.29 is 0 Å². The molecule has 9 aromatic rings. The van der Waals surface area contributed by atoms with E-state index in [9.17, 15) is 0 Å².